The molecule has 0 radical (unpaired) electrons. The Morgan fingerprint density at radius 3 is 2.86 bits per heavy atom. The van der Waals surface area contributed by atoms with Crippen molar-refractivity contribution in [2.45, 2.75) is 23.1 Å². The van der Waals surface area contributed by atoms with Gasteiger partial charge >= 0.3 is 5.97 Å². The standard InChI is InChI=1S/C16H13ClO3S/c1-2-20-16(18)13-8-11(17)9-15-12(13)7-10-5-3-4-6-14(10)21(15)19/h3-6,8-9H,2,7H2,1H3. The van der Waals surface area contributed by atoms with Crippen LogP contribution in [0.15, 0.2) is 46.2 Å². The highest BCUT2D eigenvalue weighted by atomic mass is 35.5. The second-order valence-electron chi connectivity index (χ2n) is 4.70. The number of hydrogen-bond acceptors (Lipinski definition) is 3. The topological polar surface area (TPSA) is 49.4 Å². The van der Waals surface area contributed by atoms with Crippen LogP contribution >= 0.6 is 11.6 Å². The van der Waals surface area contributed by atoms with Gasteiger partial charge in [-0.15, -0.1) is 0 Å². The van der Waals surface area contributed by atoms with Gasteiger partial charge < -0.3 is 9.29 Å². The fourth-order valence-corrected chi connectivity index (χ4v) is 4.23. The van der Waals surface area contributed by atoms with Gasteiger partial charge in [0.1, 0.15) is 0 Å². The average Bonchev–Trinajstić information content (AvgIpc) is 2.48. The summed E-state index contributed by atoms with van der Waals surface area (Å²) in [5.41, 5.74) is 2.12. The fourth-order valence-electron chi connectivity index (χ4n) is 2.49. The van der Waals surface area contributed by atoms with E-state index >= 15 is 0 Å². The Morgan fingerprint density at radius 2 is 2.10 bits per heavy atom. The molecule has 0 aliphatic carbocycles. The van der Waals surface area contributed by atoms with Gasteiger partial charge in [-0.3, -0.25) is 0 Å². The van der Waals surface area contributed by atoms with Gasteiger partial charge in [-0.05, 0) is 19.1 Å². The van der Waals surface area contributed by atoms with Crippen molar-refractivity contribution in [2.75, 3.05) is 6.61 Å². The molecule has 0 N–H and O–H groups in total. The smallest absolute Gasteiger partial charge is 0.338 e. The van der Waals surface area contributed by atoms with Crippen LogP contribution in [0.2, 0.25) is 5.02 Å². The maximum Gasteiger partial charge on any atom is 0.338 e. The number of benzene rings is 2. The van der Waals surface area contributed by atoms with E-state index in [4.69, 9.17) is 16.3 Å². The number of ether oxygens (including phenoxy) is 1. The van der Waals surface area contributed by atoms with Crippen molar-refractivity contribution in [1.82, 2.24) is 0 Å². The summed E-state index contributed by atoms with van der Waals surface area (Å²) in [6.07, 6.45) is 0.558. The predicted molar refractivity (Wildman–Crippen MR) is 81.3 cm³/mol. The van der Waals surface area contributed by atoms with E-state index in [1.807, 2.05) is 24.3 Å². The van der Waals surface area contributed by atoms with Crippen LogP contribution in [-0.4, -0.2) is 17.1 Å². The minimum Gasteiger partial charge on any atom is -0.606 e. The molecule has 0 amide bonds. The third-order valence-electron chi connectivity index (χ3n) is 3.41. The van der Waals surface area contributed by atoms with Crippen LogP contribution in [0, 0.1) is 0 Å². The van der Waals surface area contributed by atoms with Crippen molar-refractivity contribution in [3.05, 3.63) is 58.1 Å². The molecule has 0 saturated heterocycles. The Balaban J connectivity index is 2.16. The molecule has 108 valence electrons. The van der Waals surface area contributed by atoms with Gasteiger partial charge in [0.05, 0.1) is 12.2 Å². The van der Waals surface area contributed by atoms with Gasteiger partial charge in [-0.2, -0.15) is 0 Å². The largest absolute Gasteiger partial charge is 0.606 e. The molecule has 0 saturated carbocycles. The first-order valence-corrected chi connectivity index (χ1v) is 8.13. The van der Waals surface area contributed by atoms with Crippen molar-refractivity contribution >= 4 is 28.7 Å². The quantitative estimate of drug-likeness (QED) is 0.627. The Bertz CT molecular complexity index is 715. The van der Waals surface area contributed by atoms with Crippen LogP contribution in [0.1, 0.15) is 28.4 Å². The van der Waals surface area contributed by atoms with E-state index in [-0.39, 0.29) is 0 Å². The highest BCUT2D eigenvalue weighted by Gasteiger charge is 2.32. The molecule has 2 aromatic carbocycles. The minimum atomic E-state index is -1.32. The highest BCUT2D eigenvalue weighted by molar-refractivity contribution is 7.91. The number of fused-ring (bicyclic) bond motifs is 2. The van der Waals surface area contributed by atoms with E-state index < -0.39 is 17.1 Å². The summed E-state index contributed by atoms with van der Waals surface area (Å²) in [5.74, 6) is -0.423. The molecule has 21 heavy (non-hydrogen) atoms. The molecule has 1 unspecified atom stereocenters. The average molecular weight is 321 g/mol. The number of halogens is 1. The number of carbonyl (C=O) groups excluding carboxylic acids is 1. The lowest BCUT2D eigenvalue weighted by Crippen LogP contribution is -2.19. The molecular formula is C16H13ClO3S. The monoisotopic (exact) mass is 320 g/mol. The van der Waals surface area contributed by atoms with E-state index in [1.54, 1.807) is 19.1 Å². The predicted octanol–water partition coefficient (Wildman–Crippen LogP) is 3.59. The number of hydrogen-bond donors (Lipinski definition) is 0. The van der Waals surface area contributed by atoms with Crippen LogP contribution < -0.4 is 0 Å². The second-order valence-corrected chi connectivity index (χ2v) is 6.56. The molecule has 1 atom stereocenters. The van der Waals surface area contributed by atoms with Crippen molar-refractivity contribution in [3.8, 4) is 0 Å². The summed E-state index contributed by atoms with van der Waals surface area (Å²) in [4.78, 5) is 13.5. The van der Waals surface area contributed by atoms with Gasteiger partial charge in [0, 0.05) is 39.8 Å². The van der Waals surface area contributed by atoms with Crippen molar-refractivity contribution in [2.24, 2.45) is 0 Å². The Labute approximate surface area is 131 Å². The Hall–Kier alpha value is -1.49. The van der Waals surface area contributed by atoms with Gasteiger partial charge in [0.2, 0.25) is 0 Å². The molecule has 5 heteroatoms. The molecule has 0 spiro atoms. The zero-order valence-corrected chi connectivity index (χ0v) is 13.0. The Morgan fingerprint density at radius 1 is 1.33 bits per heavy atom. The van der Waals surface area contributed by atoms with Gasteiger partial charge in [0.25, 0.3) is 0 Å². The SMILES string of the molecule is CCOC(=O)c1cc(Cl)cc2c1Cc1ccccc1[S+]2[O-]. The molecule has 3 rings (SSSR count). The summed E-state index contributed by atoms with van der Waals surface area (Å²) in [7, 11) is 0. The molecular weight excluding hydrogens is 308 g/mol. The molecule has 2 aromatic rings. The van der Waals surface area contributed by atoms with E-state index in [9.17, 15) is 9.35 Å². The summed E-state index contributed by atoms with van der Waals surface area (Å²) < 4.78 is 17.8. The van der Waals surface area contributed by atoms with Gasteiger partial charge in [-0.25, -0.2) is 4.79 Å². The summed E-state index contributed by atoms with van der Waals surface area (Å²) >= 11 is 4.75. The number of carbonyl (C=O) groups is 1. The molecule has 1 heterocycles. The van der Waals surface area contributed by atoms with Crippen LogP contribution in [0.5, 0.6) is 0 Å². The second kappa shape index (κ2) is 5.72. The van der Waals surface area contributed by atoms with E-state index in [0.29, 0.717) is 28.5 Å². The van der Waals surface area contributed by atoms with Crippen LogP contribution in [0.3, 0.4) is 0 Å². The third-order valence-corrected chi connectivity index (χ3v) is 5.19. The van der Waals surface area contributed by atoms with Crippen LogP contribution in [0.25, 0.3) is 0 Å². The lowest BCUT2D eigenvalue weighted by atomic mass is 9.99. The van der Waals surface area contributed by atoms with Crippen LogP contribution in [0.4, 0.5) is 0 Å². The first kappa shape index (κ1) is 14.4. The zero-order valence-electron chi connectivity index (χ0n) is 11.4. The normalized spacial score (nSPS) is 16.0. The van der Waals surface area contributed by atoms with Crippen molar-refractivity contribution in [3.63, 3.8) is 0 Å². The van der Waals surface area contributed by atoms with Crippen molar-refractivity contribution in [1.29, 1.82) is 0 Å². The summed E-state index contributed by atoms with van der Waals surface area (Å²) in [6, 6.07) is 10.8. The van der Waals surface area contributed by atoms with Gasteiger partial charge in [-0.1, -0.05) is 29.8 Å². The van der Waals surface area contributed by atoms with E-state index in [2.05, 4.69) is 0 Å². The zero-order chi connectivity index (χ0) is 15.0. The number of rotatable bonds is 2. The van der Waals surface area contributed by atoms with E-state index in [0.717, 1.165) is 16.0 Å². The maximum absolute atomic E-state index is 12.7. The molecule has 3 nitrogen and oxygen atoms in total. The molecule has 0 aromatic heterocycles. The lowest BCUT2D eigenvalue weighted by Gasteiger charge is -2.23. The molecule has 0 bridgehead atoms. The Kier molecular flexibility index (Phi) is 3.93. The molecule has 1 aliphatic rings. The highest BCUT2D eigenvalue weighted by Crippen LogP contribution is 2.37. The number of esters is 1. The van der Waals surface area contributed by atoms with Crippen molar-refractivity contribution < 1.29 is 14.1 Å². The summed E-state index contributed by atoms with van der Waals surface area (Å²) in [6.45, 7) is 2.04. The first-order chi connectivity index (χ1) is 10.1. The van der Waals surface area contributed by atoms with Crippen LogP contribution in [-0.2, 0) is 22.3 Å². The van der Waals surface area contributed by atoms with E-state index in [1.165, 1.54) is 0 Å². The third kappa shape index (κ3) is 2.55. The lowest BCUT2D eigenvalue weighted by molar-refractivity contribution is 0.0525. The fraction of sp³-hybridized carbons (Fsp3) is 0.188. The van der Waals surface area contributed by atoms with Gasteiger partial charge in [0.15, 0.2) is 9.79 Å². The maximum atomic E-state index is 12.7. The minimum absolute atomic E-state index is 0.291. The first-order valence-electron chi connectivity index (χ1n) is 6.61. The molecule has 1 aliphatic heterocycles. The molecule has 0 fully saturated rings. The summed E-state index contributed by atoms with van der Waals surface area (Å²) in [5, 5.41) is 0.393.